The summed E-state index contributed by atoms with van der Waals surface area (Å²) in [7, 11) is 0. The lowest BCUT2D eigenvalue weighted by Gasteiger charge is -2.20. The van der Waals surface area contributed by atoms with Gasteiger partial charge in [-0.1, -0.05) is 158 Å². The van der Waals surface area contributed by atoms with Crippen molar-refractivity contribution in [3.8, 4) is 33.4 Å². The Morgan fingerprint density at radius 1 is 0.300 bits per heavy atom. The zero-order chi connectivity index (χ0) is 33.4. The highest BCUT2D eigenvalue weighted by atomic mass is 14.2. The molecular weight excluding hydrogens is 480 g/mol. The van der Waals surface area contributed by atoms with Crippen molar-refractivity contribution in [2.24, 2.45) is 0 Å². The van der Waals surface area contributed by atoms with E-state index in [1.807, 2.05) is 109 Å². The molecule has 0 aromatic heterocycles. The lowest BCUT2D eigenvalue weighted by molar-refractivity contribution is 1.63. The third kappa shape index (κ3) is 3.47. The molecule has 0 atom stereocenters. The molecule has 8 aromatic rings. The van der Waals surface area contributed by atoms with Gasteiger partial charge >= 0.3 is 0 Å². The molecule has 0 fully saturated rings. The van der Waals surface area contributed by atoms with Gasteiger partial charge in [-0.15, -0.1) is 0 Å². The van der Waals surface area contributed by atoms with Crippen molar-refractivity contribution in [1.29, 1.82) is 0 Å². The maximum atomic E-state index is 9.36. The summed E-state index contributed by atoms with van der Waals surface area (Å²) in [6.45, 7) is 0. The van der Waals surface area contributed by atoms with Crippen molar-refractivity contribution in [2.45, 2.75) is 0 Å². The summed E-state index contributed by atoms with van der Waals surface area (Å²) >= 11 is 0. The van der Waals surface area contributed by atoms with Crippen LogP contribution in [0.2, 0.25) is 0 Å². The molecule has 0 saturated heterocycles. The molecule has 0 heterocycles. The van der Waals surface area contributed by atoms with Crippen LogP contribution in [0.5, 0.6) is 0 Å². The molecule has 0 bridgehead atoms. The average Bonchev–Trinajstić information content (AvgIpc) is 3.13. The molecule has 8 aromatic carbocycles. The zero-order valence-corrected chi connectivity index (χ0v) is 21.4. The predicted molar refractivity (Wildman–Crippen MR) is 173 cm³/mol. The number of hydrogen-bond acceptors (Lipinski definition) is 0. The number of rotatable bonds is 3. The molecule has 0 nitrogen and oxygen atoms in total. The van der Waals surface area contributed by atoms with E-state index in [1.54, 1.807) is 0 Å². The summed E-state index contributed by atoms with van der Waals surface area (Å²) in [6, 6.07) is 32.1. The number of benzene rings is 8. The van der Waals surface area contributed by atoms with E-state index in [4.69, 9.17) is 5.48 Å². The Bertz CT molecular complexity index is 2570. The van der Waals surface area contributed by atoms with Crippen LogP contribution < -0.4 is 0 Å². The fourth-order valence-electron chi connectivity index (χ4n) is 6.00. The van der Waals surface area contributed by atoms with Gasteiger partial charge in [-0.05, 0) is 76.5 Å². The fraction of sp³-hybridized carbons (Fsp3) is 0. The quantitative estimate of drug-likeness (QED) is 0.206. The smallest absolute Gasteiger partial charge is 0.0616 e. The summed E-state index contributed by atoms with van der Waals surface area (Å²) < 4.78 is 72.5. The molecule has 0 unspecified atom stereocenters. The first kappa shape index (κ1) is 16.0. The molecule has 0 radical (unpaired) electrons. The zero-order valence-electron chi connectivity index (χ0n) is 29.4. The Hall–Kier alpha value is -5.20. The van der Waals surface area contributed by atoms with E-state index < -0.39 is 24.2 Å². The third-order valence-corrected chi connectivity index (χ3v) is 7.71. The van der Waals surface area contributed by atoms with Crippen molar-refractivity contribution in [1.82, 2.24) is 0 Å². The minimum Gasteiger partial charge on any atom is -0.0616 e. The molecule has 186 valence electrons. The van der Waals surface area contributed by atoms with Gasteiger partial charge in [-0.25, -0.2) is 0 Å². The second-order valence-electron chi connectivity index (χ2n) is 9.85. The van der Waals surface area contributed by atoms with Gasteiger partial charge in [0.05, 0.1) is 11.0 Å². The van der Waals surface area contributed by atoms with Crippen molar-refractivity contribution >= 4 is 43.1 Å². The Morgan fingerprint density at radius 3 is 1.25 bits per heavy atom. The van der Waals surface area contributed by atoms with Crippen LogP contribution in [0.3, 0.4) is 0 Å². The maximum absolute atomic E-state index is 9.36. The lowest BCUT2D eigenvalue weighted by Crippen LogP contribution is -1.93. The summed E-state index contributed by atoms with van der Waals surface area (Å²) in [4.78, 5) is 0. The first-order valence-corrected chi connectivity index (χ1v) is 13.2. The van der Waals surface area contributed by atoms with E-state index in [9.17, 15) is 5.48 Å². The van der Waals surface area contributed by atoms with Crippen LogP contribution in [-0.4, -0.2) is 0 Å². The molecule has 0 aliphatic carbocycles. The van der Waals surface area contributed by atoms with Crippen LogP contribution >= 0.6 is 0 Å². The fourth-order valence-corrected chi connectivity index (χ4v) is 6.00. The summed E-state index contributed by atoms with van der Waals surface area (Å²) in [5.74, 6) is 0. The second kappa shape index (κ2) is 9.22. The number of hydrogen-bond donors (Lipinski definition) is 0. The monoisotopic (exact) mass is 514 g/mol. The first-order valence-electron chi connectivity index (χ1n) is 17.2. The Kier molecular flexibility index (Phi) is 3.70. The van der Waals surface area contributed by atoms with E-state index in [-0.39, 0.29) is 45.7 Å². The predicted octanol–water partition coefficient (Wildman–Crippen LogP) is 11.3. The molecule has 0 spiro atoms. The summed E-state index contributed by atoms with van der Waals surface area (Å²) in [5.41, 5.74) is 3.57. The highest BCUT2D eigenvalue weighted by Crippen LogP contribution is 2.47. The summed E-state index contributed by atoms with van der Waals surface area (Å²) in [6.07, 6.45) is 0. The minimum absolute atomic E-state index is 0.203. The standard InChI is InChI=1S/C40H26/c1-3-17-29-27(13-1)15-11-25-31(29)32-19-5-6-20-34(32)40-37-23-9-7-21-35(37)39(36-22-8-10-24-38(36)40)33-26-12-16-28-14-2-4-18-30(28)33/h1-26H/i7D,8D,9D,10D,21D,22D,23D,24D. The largest absolute Gasteiger partial charge is 0.0629 e. The molecule has 0 heteroatoms. The van der Waals surface area contributed by atoms with E-state index in [1.165, 1.54) is 0 Å². The Balaban J connectivity index is 1.69. The van der Waals surface area contributed by atoms with Crippen molar-refractivity contribution < 1.29 is 11.0 Å². The van der Waals surface area contributed by atoms with Gasteiger partial charge in [0.15, 0.2) is 0 Å². The van der Waals surface area contributed by atoms with Crippen molar-refractivity contribution in [2.75, 3.05) is 0 Å². The van der Waals surface area contributed by atoms with Crippen LogP contribution in [0.25, 0.3) is 76.5 Å². The van der Waals surface area contributed by atoms with Gasteiger partial charge in [0, 0.05) is 0 Å². The molecule has 0 aliphatic heterocycles. The topological polar surface area (TPSA) is 0 Å². The number of fused-ring (bicyclic) bond motifs is 4. The van der Waals surface area contributed by atoms with Crippen LogP contribution in [0, 0.1) is 0 Å². The molecule has 0 amide bonds. The van der Waals surface area contributed by atoms with Crippen LogP contribution in [0.15, 0.2) is 158 Å². The minimum atomic E-state index is -0.416. The Labute approximate surface area is 245 Å². The van der Waals surface area contributed by atoms with E-state index >= 15 is 0 Å². The SMILES string of the molecule is [2H]c1c([2H])c([2H])c2c(-c3cccc4ccccc34)c3c([2H])c([2H])c([2H])c([2H])c3c(-c3ccccc3-c3cccc4ccccc34)c2c1[2H]. The van der Waals surface area contributed by atoms with Gasteiger partial charge in [-0.3, -0.25) is 0 Å². The average molecular weight is 515 g/mol. The van der Waals surface area contributed by atoms with E-state index in [0.717, 1.165) is 32.7 Å². The van der Waals surface area contributed by atoms with Crippen LogP contribution in [0.1, 0.15) is 11.0 Å². The molecule has 0 N–H and O–H groups in total. The lowest BCUT2D eigenvalue weighted by atomic mass is 9.82. The van der Waals surface area contributed by atoms with E-state index in [0.29, 0.717) is 22.3 Å². The highest BCUT2D eigenvalue weighted by Gasteiger charge is 2.20. The van der Waals surface area contributed by atoms with E-state index in [2.05, 4.69) is 0 Å². The van der Waals surface area contributed by atoms with Crippen LogP contribution in [-0.2, 0) is 0 Å². The molecular formula is C40H26. The Morgan fingerprint density at radius 2 is 0.675 bits per heavy atom. The third-order valence-electron chi connectivity index (χ3n) is 7.71. The van der Waals surface area contributed by atoms with Crippen LogP contribution in [0.4, 0.5) is 0 Å². The molecule has 0 aliphatic rings. The van der Waals surface area contributed by atoms with Gasteiger partial charge in [-0.2, -0.15) is 0 Å². The van der Waals surface area contributed by atoms with Gasteiger partial charge in [0.25, 0.3) is 0 Å². The summed E-state index contributed by atoms with van der Waals surface area (Å²) in [5, 5.41) is 4.51. The molecule has 8 rings (SSSR count). The molecule has 0 saturated carbocycles. The van der Waals surface area contributed by atoms with Crippen molar-refractivity contribution in [3.63, 3.8) is 0 Å². The highest BCUT2D eigenvalue weighted by molar-refractivity contribution is 6.24. The van der Waals surface area contributed by atoms with Crippen molar-refractivity contribution in [3.05, 3.63) is 158 Å². The maximum Gasteiger partial charge on any atom is 0.0629 e. The molecule has 40 heavy (non-hydrogen) atoms. The first-order chi connectivity index (χ1) is 23.2. The van der Waals surface area contributed by atoms with Gasteiger partial charge < -0.3 is 0 Å². The van der Waals surface area contributed by atoms with Gasteiger partial charge in [0.2, 0.25) is 0 Å². The van der Waals surface area contributed by atoms with Gasteiger partial charge in [0.1, 0.15) is 0 Å². The second-order valence-corrected chi connectivity index (χ2v) is 9.85. The normalized spacial score (nSPS) is 14.3.